The van der Waals surface area contributed by atoms with E-state index in [2.05, 4.69) is 0 Å². The molecule has 2 N–H and O–H groups in total. The Morgan fingerprint density at radius 2 is 1.95 bits per heavy atom. The van der Waals surface area contributed by atoms with E-state index in [-0.39, 0.29) is 11.1 Å². The maximum atomic E-state index is 13.5. The van der Waals surface area contributed by atoms with E-state index in [9.17, 15) is 8.78 Å². The Morgan fingerprint density at radius 3 is 2.58 bits per heavy atom. The minimum atomic E-state index is -2.89. The van der Waals surface area contributed by atoms with Gasteiger partial charge in [-0.2, -0.15) is 0 Å². The van der Waals surface area contributed by atoms with Crippen molar-refractivity contribution < 1.29 is 18.3 Å². The Labute approximate surface area is 110 Å². The molecule has 1 saturated carbocycles. The van der Waals surface area contributed by atoms with Gasteiger partial charge in [-0.25, -0.2) is 8.78 Å². The van der Waals surface area contributed by atoms with Gasteiger partial charge < -0.3 is 15.2 Å². The molecule has 0 aromatic heterocycles. The molecule has 0 unspecified atom stereocenters. The number of nitrogens with two attached hydrogens (primary N) is 1. The van der Waals surface area contributed by atoms with Crippen molar-refractivity contribution in [2.24, 2.45) is 5.73 Å². The fourth-order valence-electron chi connectivity index (χ4n) is 2.33. The van der Waals surface area contributed by atoms with Crippen LogP contribution < -0.4 is 15.2 Å². The summed E-state index contributed by atoms with van der Waals surface area (Å²) in [6, 6.07) is 2.87. The summed E-state index contributed by atoms with van der Waals surface area (Å²) in [5, 5.41) is 0. The predicted octanol–water partition coefficient (Wildman–Crippen LogP) is 2.60. The molecule has 3 rings (SSSR count). The molecule has 1 aromatic carbocycles. The lowest BCUT2D eigenvalue weighted by molar-refractivity contribution is 0.0168. The molecule has 19 heavy (non-hydrogen) atoms. The normalized spacial score (nSPS) is 20.2. The highest BCUT2D eigenvalue weighted by atomic mass is 19.3. The van der Waals surface area contributed by atoms with Crippen molar-refractivity contribution in [3.63, 3.8) is 0 Å². The van der Waals surface area contributed by atoms with Crippen LogP contribution in [0.2, 0.25) is 0 Å². The van der Waals surface area contributed by atoms with Gasteiger partial charge in [0.05, 0.1) is 0 Å². The molecular formula is C14H17F2NO2. The van der Waals surface area contributed by atoms with Gasteiger partial charge >= 0.3 is 0 Å². The van der Waals surface area contributed by atoms with Gasteiger partial charge in [0.2, 0.25) is 0 Å². The highest BCUT2D eigenvalue weighted by Gasteiger charge is 2.40. The maximum Gasteiger partial charge on any atom is 0.270 e. The summed E-state index contributed by atoms with van der Waals surface area (Å²) in [6.07, 6.45) is 2.41. The van der Waals surface area contributed by atoms with Gasteiger partial charge in [-0.1, -0.05) is 0 Å². The number of alkyl halides is 2. The molecule has 0 spiro atoms. The van der Waals surface area contributed by atoms with E-state index in [4.69, 9.17) is 15.2 Å². The first-order valence-electron chi connectivity index (χ1n) is 6.47. The van der Waals surface area contributed by atoms with Crippen LogP contribution in [0.3, 0.4) is 0 Å². The molecule has 0 amide bonds. The first kappa shape index (κ1) is 12.7. The topological polar surface area (TPSA) is 44.5 Å². The summed E-state index contributed by atoms with van der Waals surface area (Å²) in [5.41, 5.74) is 6.52. The van der Waals surface area contributed by atoms with Crippen LogP contribution in [0.1, 0.15) is 30.9 Å². The van der Waals surface area contributed by atoms with E-state index in [1.165, 1.54) is 12.1 Å². The Kier molecular flexibility index (Phi) is 2.71. The lowest BCUT2D eigenvalue weighted by Gasteiger charge is -2.24. The maximum absolute atomic E-state index is 13.5. The number of hydrogen-bond acceptors (Lipinski definition) is 3. The summed E-state index contributed by atoms with van der Waals surface area (Å²) < 4.78 is 38.1. The second-order valence-electron chi connectivity index (χ2n) is 5.59. The molecule has 0 radical (unpaired) electrons. The smallest absolute Gasteiger partial charge is 0.270 e. The zero-order chi connectivity index (χ0) is 13.7. The quantitative estimate of drug-likeness (QED) is 0.917. The van der Waals surface area contributed by atoms with Crippen molar-refractivity contribution in [1.82, 2.24) is 0 Å². The van der Waals surface area contributed by atoms with Crippen LogP contribution in [0, 0.1) is 0 Å². The van der Waals surface area contributed by atoms with Crippen molar-refractivity contribution in [3.05, 3.63) is 23.3 Å². The van der Waals surface area contributed by atoms with E-state index in [1.54, 1.807) is 0 Å². The van der Waals surface area contributed by atoms with Crippen molar-refractivity contribution in [2.45, 2.75) is 37.6 Å². The van der Waals surface area contributed by atoms with E-state index in [1.807, 2.05) is 0 Å². The summed E-state index contributed by atoms with van der Waals surface area (Å²) in [7, 11) is 0. The van der Waals surface area contributed by atoms with Gasteiger partial charge in [-0.3, -0.25) is 0 Å². The molecule has 5 heteroatoms. The standard InChI is InChI=1S/C14H17F2NO2/c1-13(15,16)10-6-9(8-14(17)2-3-14)12-11(7-10)18-4-5-19-12/h6-7H,2-5,8,17H2,1H3. The third-order valence-electron chi connectivity index (χ3n) is 3.66. The Bertz CT molecular complexity index is 507. The number of fused-ring (bicyclic) bond motifs is 1. The van der Waals surface area contributed by atoms with Crippen LogP contribution in [0.5, 0.6) is 11.5 Å². The van der Waals surface area contributed by atoms with Gasteiger partial charge in [0.1, 0.15) is 13.2 Å². The highest BCUT2D eigenvalue weighted by molar-refractivity contribution is 5.52. The van der Waals surface area contributed by atoms with Gasteiger partial charge in [0.15, 0.2) is 11.5 Å². The fraction of sp³-hybridized carbons (Fsp3) is 0.571. The van der Waals surface area contributed by atoms with Crippen LogP contribution in [0.15, 0.2) is 12.1 Å². The first-order chi connectivity index (χ1) is 8.87. The average Bonchev–Trinajstić information content (AvgIpc) is 3.05. The largest absolute Gasteiger partial charge is 0.486 e. The highest BCUT2D eigenvalue weighted by Crippen LogP contribution is 2.44. The number of halogens is 2. The molecule has 0 atom stereocenters. The van der Waals surface area contributed by atoms with Gasteiger partial charge in [0.25, 0.3) is 5.92 Å². The molecule has 1 aliphatic carbocycles. The number of rotatable bonds is 3. The van der Waals surface area contributed by atoms with Gasteiger partial charge in [-0.05, 0) is 31.4 Å². The number of hydrogen-bond donors (Lipinski definition) is 1. The second kappa shape index (κ2) is 4.07. The van der Waals surface area contributed by atoms with E-state index in [0.29, 0.717) is 31.1 Å². The molecule has 104 valence electrons. The van der Waals surface area contributed by atoms with Crippen molar-refractivity contribution in [1.29, 1.82) is 0 Å². The van der Waals surface area contributed by atoms with Crippen LogP contribution in [-0.2, 0) is 12.3 Å². The molecule has 1 aliphatic heterocycles. The molecule has 1 heterocycles. The van der Waals surface area contributed by atoms with E-state index < -0.39 is 5.92 Å². The SMILES string of the molecule is CC(F)(F)c1cc(CC2(N)CC2)c2c(c1)OCCO2. The van der Waals surface area contributed by atoms with Gasteiger partial charge in [0, 0.05) is 23.6 Å². The Hall–Kier alpha value is -1.36. The van der Waals surface area contributed by atoms with Crippen LogP contribution in [0.4, 0.5) is 8.78 Å². The van der Waals surface area contributed by atoms with Crippen LogP contribution in [0.25, 0.3) is 0 Å². The molecule has 0 saturated heterocycles. The van der Waals surface area contributed by atoms with E-state index >= 15 is 0 Å². The van der Waals surface area contributed by atoms with Crippen molar-refractivity contribution >= 4 is 0 Å². The summed E-state index contributed by atoms with van der Waals surface area (Å²) in [5.74, 6) is -1.91. The Morgan fingerprint density at radius 1 is 1.26 bits per heavy atom. The lowest BCUT2D eigenvalue weighted by atomic mass is 9.98. The van der Waals surface area contributed by atoms with Crippen molar-refractivity contribution in [2.75, 3.05) is 13.2 Å². The molecule has 1 fully saturated rings. The average molecular weight is 269 g/mol. The van der Waals surface area contributed by atoms with Crippen LogP contribution in [-0.4, -0.2) is 18.8 Å². The fourth-order valence-corrected chi connectivity index (χ4v) is 2.33. The molecule has 2 aliphatic rings. The lowest BCUT2D eigenvalue weighted by Crippen LogP contribution is -2.26. The first-order valence-corrected chi connectivity index (χ1v) is 6.47. The summed E-state index contributed by atoms with van der Waals surface area (Å²) >= 11 is 0. The van der Waals surface area contributed by atoms with E-state index in [0.717, 1.165) is 25.3 Å². The predicted molar refractivity (Wildman–Crippen MR) is 66.9 cm³/mol. The number of benzene rings is 1. The number of ether oxygens (including phenoxy) is 2. The zero-order valence-electron chi connectivity index (χ0n) is 10.8. The monoisotopic (exact) mass is 269 g/mol. The molecule has 3 nitrogen and oxygen atoms in total. The molecule has 0 bridgehead atoms. The Balaban J connectivity index is 2.03. The van der Waals surface area contributed by atoms with Crippen molar-refractivity contribution in [3.8, 4) is 11.5 Å². The minimum absolute atomic E-state index is 0.0454. The van der Waals surface area contributed by atoms with Gasteiger partial charge in [-0.15, -0.1) is 0 Å². The molecular weight excluding hydrogens is 252 g/mol. The third-order valence-corrected chi connectivity index (χ3v) is 3.66. The summed E-state index contributed by atoms with van der Waals surface area (Å²) in [4.78, 5) is 0. The zero-order valence-corrected chi connectivity index (χ0v) is 10.8. The molecule has 1 aromatic rings. The minimum Gasteiger partial charge on any atom is -0.486 e. The summed E-state index contributed by atoms with van der Waals surface area (Å²) in [6.45, 7) is 1.72. The third kappa shape index (κ3) is 2.52. The van der Waals surface area contributed by atoms with Crippen LogP contribution >= 0.6 is 0 Å². The second-order valence-corrected chi connectivity index (χ2v) is 5.59.